The predicted molar refractivity (Wildman–Crippen MR) is 78.2 cm³/mol. The first kappa shape index (κ1) is 14.1. The van der Waals surface area contributed by atoms with Gasteiger partial charge in [0.1, 0.15) is 0 Å². The van der Waals surface area contributed by atoms with Crippen molar-refractivity contribution in [2.75, 3.05) is 7.05 Å². The lowest BCUT2D eigenvalue weighted by Crippen LogP contribution is -2.41. The maximum absolute atomic E-state index is 11.5. The Bertz CT molecular complexity index is 456. The zero-order valence-corrected chi connectivity index (χ0v) is 12.1. The van der Waals surface area contributed by atoms with Crippen LogP contribution in [-0.2, 0) is 17.6 Å². The third-order valence-corrected chi connectivity index (χ3v) is 4.01. The van der Waals surface area contributed by atoms with Crippen LogP contribution in [0.2, 0.25) is 0 Å². The Kier molecular flexibility index (Phi) is 4.59. The van der Waals surface area contributed by atoms with Gasteiger partial charge in [-0.3, -0.25) is 10.1 Å². The predicted octanol–water partition coefficient (Wildman–Crippen LogP) is 2.35. The zero-order valence-electron chi connectivity index (χ0n) is 12.1. The van der Waals surface area contributed by atoms with Crippen LogP contribution in [0.15, 0.2) is 18.2 Å². The molecule has 2 unspecified atom stereocenters. The van der Waals surface area contributed by atoms with E-state index < -0.39 is 0 Å². The van der Waals surface area contributed by atoms with Gasteiger partial charge in [-0.15, -0.1) is 0 Å². The van der Waals surface area contributed by atoms with Gasteiger partial charge >= 0.3 is 0 Å². The summed E-state index contributed by atoms with van der Waals surface area (Å²) in [6.07, 6.45) is 5.02. The number of aryl methyl sites for hydroxylation is 2. The molecule has 1 aromatic carbocycles. The molecule has 0 bridgehead atoms. The summed E-state index contributed by atoms with van der Waals surface area (Å²) in [5.74, 6) is 0.0322. The third kappa shape index (κ3) is 3.35. The first-order valence-corrected chi connectivity index (χ1v) is 7.21. The van der Waals surface area contributed by atoms with Gasteiger partial charge in [0.2, 0.25) is 5.91 Å². The Morgan fingerprint density at radius 1 is 1.16 bits per heavy atom. The molecule has 2 N–H and O–H groups in total. The van der Waals surface area contributed by atoms with E-state index >= 15 is 0 Å². The number of amides is 1. The number of carbonyl (C=O) groups is 1. The first-order chi connectivity index (χ1) is 9.11. The van der Waals surface area contributed by atoms with Gasteiger partial charge in [-0.1, -0.05) is 18.2 Å². The molecule has 0 saturated carbocycles. The van der Waals surface area contributed by atoms with Crippen LogP contribution in [0.1, 0.15) is 49.4 Å². The number of carbonyl (C=O) groups excluding carboxylic acids is 1. The van der Waals surface area contributed by atoms with E-state index in [0.717, 1.165) is 0 Å². The number of benzene rings is 1. The number of rotatable bonds is 4. The molecule has 1 amide bonds. The highest BCUT2D eigenvalue weighted by molar-refractivity contribution is 5.80. The summed E-state index contributed by atoms with van der Waals surface area (Å²) in [4.78, 5) is 11.5. The lowest BCUT2D eigenvalue weighted by Gasteiger charge is -2.22. The third-order valence-electron chi connectivity index (χ3n) is 4.01. The quantitative estimate of drug-likeness (QED) is 0.872. The van der Waals surface area contributed by atoms with E-state index in [1.165, 1.54) is 42.4 Å². The summed E-state index contributed by atoms with van der Waals surface area (Å²) in [5.41, 5.74) is 4.27. The normalized spacial score (nSPS) is 17.4. The second-order valence-electron chi connectivity index (χ2n) is 5.46. The van der Waals surface area contributed by atoms with Gasteiger partial charge in [0, 0.05) is 13.1 Å². The van der Waals surface area contributed by atoms with Gasteiger partial charge in [-0.25, -0.2) is 0 Å². The van der Waals surface area contributed by atoms with Crippen molar-refractivity contribution < 1.29 is 4.79 Å². The van der Waals surface area contributed by atoms with Gasteiger partial charge in [-0.05, 0) is 56.2 Å². The van der Waals surface area contributed by atoms with Crippen LogP contribution >= 0.6 is 0 Å². The van der Waals surface area contributed by atoms with Gasteiger partial charge in [0.15, 0.2) is 0 Å². The van der Waals surface area contributed by atoms with E-state index in [-0.39, 0.29) is 18.0 Å². The molecule has 1 aromatic rings. The number of hydrogen-bond donors (Lipinski definition) is 2. The molecule has 0 radical (unpaired) electrons. The van der Waals surface area contributed by atoms with Crippen molar-refractivity contribution in [3.8, 4) is 0 Å². The Hall–Kier alpha value is -1.35. The summed E-state index contributed by atoms with van der Waals surface area (Å²) in [6.45, 7) is 4.01. The number of likely N-dealkylation sites (N-methyl/N-ethyl adjacent to an activating group) is 1. The highest BCUT2D eigenvalue weighted by Crippen LogP contribution is 2.24. The van der Waals surface area contributed by atoms with Crippen LogP contribution in [-0.4, -0.2) is 19.0 Å². The molecule has 1 aliphatic rings. The van der Waals surface area contributed by atoms with Gasteiger partial charge in [0.25, 0.3) is 0 Å². The highest BCUT2D eigenvalue weighted by atomic mass is 16.2. The summed E-state index contributed by atoms with van der Waals surface area (Å²) in [6, 6.07) is 6.78. The standard InChI is InChI=1S/C16H24N2O/c1-11(18-12(2)16(19)17-3)14-9-8-13-6-4-5-7-15(13)10-14/h8-12,18H,4-7H2,1-3H3,(H,17,19). The minimum atomic E-state index is -0.170. The van der Waals surface area contributed by atoms with Gasteiger partial charge in [-0.2, -0.15) is 0 Å². The molecule has 104 valence electrons. The molecule has 0 aliphatic heterocycles. The van der Waals surface area contributed by atoms with E-state index in [0.29, 0.717) is 0 Å². The maximum atomic E-state index is 11.5. The largest absolute Gasteiger partial charge is 0.358 e. The highest BCUT2D eigenvalue weighted by Gasteiger charge is 2.16. The minimum absolute atomic E-state index is 0.0322. The van der Waals surface area contributed by atoms with E-state index in [2.05, 4.69) is 35.8 Å². The molecular weight excluding hydrogens is 236 g/mol. The zero-order chi connectivity index (χ0) is 13.8. The lowest BCUT2D eigenvalue weighted by molar-refractivity contribution is -0.122. The monoisotopic (exact) mass is 260 g/mol. The molecule has 0 saturated heterocycles. The van der Waals surface area contributed by atoms with Crippen molar-refractivity contribution in [2.24, 2.45) is 0 Å². The summed E-state index contributed by atoms with van der Waals surface area (Å²) in [5, 5.41) is 6.01. The van der Waals surface area contributed by atoms with Crippen LogP contribution in [0.4, 0.5) is 0 Å². The molecule has 2 atom stereocenters. The fraction of sp³-hybridized carbons (Fsp3) is 0.562. The number of hydrogen-bond acceptors (Lipinski definition) is 2. The Morgan fingerprint density at radius 2 is 1.84 bits per heavy atom. The molecular formula is C16H24N2O. The average molecular weight is 260 g/mol. The SMILES string of the molecule is CNC(=O)C(C)NC(C)c1ccc2c(c1)CCCC2. The van der Waals surface area contributed by atoms with Crippen molar-refractivity contribution in [3.63, 3.8) is 0 Å². The van der Waals surface area contributed by atoms with E-state index in [4.69, 9.17) is 0 Å². The second-order valence-corrected chi connectivity index (χ2v) is 5.46. The molecule has 19 heavy (non-hydrogen) atoms. The van der Waals surface area contributed by atoms with Crippen molar-refractivity contribution in [3.05, 3.63) is 34.9 Å². The molecule has 1 aliphatic carbocycles. The number of nitrogens with one attached hydrogen (secondary N) is 2. The topological polar surface area (TPSA) is 41.1 Å². The second kappa shape index (κ2) is 6.20. The molecule has 0 heterocycles. The molecule has 3 heteroatoms. The summed E-state index contributed by atoms with van der Waals surface area (Å²) in [7, 11) is 1.67. The van der Waals surface area contributed by atoms with E-state index in [1.807, 2.05) is 6.92 Å². The molecule has 0 aromatic heterocycles. The first-order valence-electron chi connectivity index (χ1n) is 7.21. The van der Waals surface area contributed by atoms with E-state index in [1.54, 1.807) is 7.05 Å². The molecule has 0 spiro atoms. The smallest absolute Gasteiger partial charge is 0.236 e. The Balaban J connectivity index is 2.07. The molecule has 2 rings (SSSR count). The van der Waals surface area contributed by atoms with Crippen LogP contribution in [0.3, 0.4) is 0 Å². The molecule has 3 nitrogen and oxygen atoms in total. The lowest BCUT2D eigenvalue weighted by atomic mass is 9.89. The Labute approximate surface area is 115 Å². The van der Waals surface area contributed by atoms with Crippen LogP contribution in [0, 0.1) is 0 Å². The van der Waals surface area contributed by atoms with Crippen molar-refractivity contribution in [1.29, 1.82) is 0 Å². The van der Waals surface area contributed by atoms with Crippen molar-refractivity contribution >= 4 is 5.91 Å². The maximum Gasteiger partial charge on any atom is 0.236 e. The van der Waals surface area contributed by atoms with E-state index in [9.17, 15) is 4.79 Å². The fourth-order valence-electron chi connectivity index (χ4n) is 2.79. The summed E-state index contributed by atoms with van der Waals surface area (Å²) < 4.78 is 0. The van der Waals surface area contributed by atoms with Gasteiger partial charge in [0.05, 0.1) is 6.04 Å². The average Bonchev–Trinajstić information content (AvgIpc) is 2.45. The minimum Gasteiger partial charge on any atom is -0.358 e. The van der Waals surface area contributed by atoms with Crippen LogP contribution in [0.5, 0.6) is 0 Å². The van der Waals surface area contributed by atoms with Crippen molar-refractivity contribution in [2.45, 2.75) is 51.6 Å². The van der Waals surface area contributed by atoms with Crippen LogP contribution in [0.25, 0.3) is 0 Å². The van der Waals surface area contributed by atoms with Gasteiger partial charge < -0.3 is 5.32 Å². The van der Waals surface area contributed by atoms with Crippen molar-refractivity contribution in [1.82, 2.24) is 10.6 Å². The summed E-state index contributed by atoms with van der Waals surface area (Å²) >= 11 is 0. The number of fused-ring (bicyclic) bond motifs is 1. The molecule has 0 fully saturated rings. The van der Waals surface area contributed by atoms with Crippen LogP contribution < -0.4 is 10.6 Å². The fourth-order valence-corrected chi connectivity index (χ4v) is 2.79. The Morgan fingerprint density at radius 3 is 2.53 bits per heavy atom.